The number of nitrogens with zero attached hydrogens (tertiary/aromatic N) is 1. The largest absolute Gasteiger partial charge is 0.469 e. The molecule has 2 atom stereocenters. The van der Waals surface area contributed by atoms with Gasteiger partial charge in [-0.2, -0.15) is 0 Å². The summed E-state index contributed by atoms with van der Waals surface area (Å²) < 4.78 is 5.06. The molecule has 0 unspecified atom stereocenters. The first-order chi connectivity index (χ1) is 12.6. The third-order valence-electron chi connectivity index (χ3n) is 6.33. The van der Waals surface area contributed by atoms with E-state index in [0.29, 0.717) is 19.5 Å². The highest BCUT2D eigenvalue weighted by molar-refractivity contribution is 5.84. The summed E-state index contributed by atoms with van der Waals surface area (Å²) in [5, 5.41) is 1.24. The topological polar surface area (TPSA) is 62.4 Å². The number of aromatic nitrogens is 1. The highest BCUT2D eigenvalue weighted by atomic mass is 16.5. The Bertz CT molecular complexity index is 828. The van der Waals surface area contributed by atoms with Crippen LogP contribution in [0.15, 0.2) is 30.5 Å². The minimum atomic E-state index is -0.443. The number of nitrogens with one attached hydrogen (secondary N) is 1. The van der Waals surface area contributed by atoms with Crippen LogP contribution in [0.3, 0.4) is 0 Å². The lowest BCUT2D eigenvalue weighted by atomic mass is 9.81. The van der Waals surface area contributed by atoms with Crippen molar-refractivity contribution in [1.82, 2.24) is 9.88 Å². The molecule has 0 spiro atoms. The molecule has 26 heavy (non-hydrogen) atoms. The fourth-order valence-electron chi connectivity index (χ4n) is 4.94. The van der Waals surface area contributed by atoms with Crippen molar-refractivity contribution in [2.24, 2.45) is 11.3 Å². The van der Waals surface area contributed by atoms with Crippen LogP contribution in [0.25, 0.3) is 10.9 Å². The number of ether oxygens (including phenoxy) is 1. The molecule has 138 valence electrons. The minimum Gasteiger partial charge on any atom is -0.469 e. The molecule has 5 heteroatoms. The molecule has 2 heterocycles. The van der Waals surface area contributed by atoms with Gasteiger partial charge in [0.1, 0.15) is 0 Å². The van der Waals surface area contributed by atoms with Gasteiger partial charge >= 0.3 is 5.97 Å². The third kappa shape index (κ3) is 2.79. The number of para-hydroxylation sites is 1. The van der Waals surface area contributed by atoms with Gasteiger partial charge in [-0.1, -0.05) is 24.6 Å². The highest BCUT2D eigenvalue weighted by Gasteiger charge is 2.56. The van der Waals surface area contributed by atoms with E-state index in [1.54, 1.807) is 0 Å². The van der Waals surface area contributed by atoms with Crippen molar-refractivity contribution in [3.63, 3.8) is 0 Å². The van der Waals surface area contributed by atoms with Gasteiger partial charge in [0.2, 0.25) is 5.91 Å². The molecule has 1 saturated heterocycles. The maximum Gasteiger partial charge on any atom is 0.313 e. The summed E-state index contributed by atoms with van der Waals surface area (Å²) in [6, 6.07) is 8.25. The van der Waals surface area contributed by atoms with E-state index in [4.69, 9.17) is 4.74 Å². The number of methoxy groups -OCH3 is 1. The molecule has 1 saturated carbocycles. The second-order valence-electron chi connectivity index (χ2n) is 7.72. The molecule has 1 N–H and O–H groups in total. The number of esters is 1. The summed E-state index contributed by atoms with van der Waals surface area (Å²) in [6.07, 6.45) is 7.22. The fraction of sp³-hybridized carbons (Fsp3) is 0.524. The number of carbonyl (C=O) groups excluding carboxylic acids is 2. The van der Waals surface area contributed by atoms with E-state index in [9.17, 15) is 9.59 Å². The number of H-pyrrole nitrogens is 1. The van der Waals surface area contributed by atoms with Gasteiger partial charge in [-0.3, -0.25) is 9.59 Å². The van der Waals surface area contributed by atoms with Crippen LogP contribution in [0.5, 0.6) is 0 Å². The highest BCUT2D eigenvalue weighted by Crippen LogP contribution is 2.49. The third-order valence-corrected chi connectivity index (χ3v) is 6.33. The number of aromatic amines is 1. The summed E-state index contributed by atoms with van der Waals surface area (Å²) in [4.78, 5) is 30.2. The van der Waals surface area contributed by atoms with Gasteiger partial charge in [-0.05, 0) is 43.2 Å². The molecule has 5 nitrogen and oxygen atoms in total. The van der Waals surface area contributed by atoms with E-state index in [0.717, 1.165) is 37.6 Å². The van der Waals surface area contributed by atoms with Crippen molar-refractivity contribution in [2.45, 2.75) is 38.5 Å². The van der Waals surface area contributed by atoms with Gasteiger partial charge in [0.25, 0.3) is 0 Å². The molecule has 2 fully saturated rings. The van der Waals surface area contributed by atoms with Crippen molar-refractivity contribution in [2.75, 3.05) is 20.2 Å². The molecule has 1 amide bonds. The van der Waals surface area contributed by atoms with Crippen molar-refractivity contribution >= 4 is 22.8 Å². The van der Waals surface area contributed by atoms with Gasteiger partial charge in [0, 0.05) is 36.6 Å². The fourth-order valence-corrected chi connectivity index (χ4v) is 4.94. The number of rotatable bonds is 5. The number of hydrogen-bond donors (Lipinski definition) is 1. The van der Waals surface area contributed by atoms with E-state index in [1.807, 2.05) is 23.2 Å². The monoisotopic (exact) mass is 354 g/mol. The second kappa shape index (κ2) is 6.78. The van der Waals surface area contributed by atoms with Crippen molar-refractivity contribution in [1.29, 1.82) is 0 Å². The lowest BCUT2D eigenvalue weighted by molar-refractivity contribution is -0.153. The van der Waals surface area contributed by atoms with Crippen LogP contribution < -0.4 is 0 Å². The molecule has 1 aliphatic heterocycles. The number of amides is 1. The van der Waals surface area contributed by atoms with Crippen LogP contribution in [0.4, 0.5) is 0 Å². The molecular formula is C21H26N2O3. The Morgan fingerprint density at radius 1 is 1.35 bits per heavy atom. The van der Waals surface area contributed by atoms with E-state index in [2.05, 4.69) is 17.1 Å². The molecule has 0 radical (unpaired) electrons. The Hall–Kier alpha value is -2.30. The van der Waals surface area contributed by atoms with Crippen LogP contribution in [0, 0.1) is 11.3 Å². The lowest BCUT2D eigenvalue weighted by Gasteiger charge is -2.25. The zero-order valence-electron chi connectivity index (χ0n) is 15.3. The van der Waals surface area contributed by atoms with Crippen molar-refractivity contribution in [3.05, 3.63) is 36.0 Å². The first-order valence-corrected chi connectivity index (χ1v) is 9.55. The molecule has 2 aliphatic rings. The predicted molar refractivity (Wildman–Crippen MR) is 99.6 cm³/mol. The maximum atomic E-state index is 12.7. The standard InChI is InChI=1S/C21H26N2O3/c1-26-20(25)21-11-5-7-16(21)13-23(14-21)19(24)10-4-6-15-12-22-18-9-3-2-8-17(15)18/h2-3,8-9,12,16,22H,4-7,10-11,13-14H2,1H3/t16-,21+/m0/s1. The van der Waals surface area contributed by atoms with Gasteiger partial charge in [-0.15, -0.1) is 0 Å². The molecule has 4 rings (SSSR count). The summed E-state index contributed by atoms with van der Waals surface area (Å²) in [5.74, 6) is 0.309. The number of carbonyl (C=O) groups is 2. The SMILES string of the molecule is COC(=O)[C@@]12CCC[C@H]1CN(C(=O)CCCc1c[nH]c3ccccc13)C2. The van der Waals surface area contributed by atoms with E-state index in [-0.39, 0.29) is 17.8 Å². The summed E-state index contributed by atoms with van der Waals surface area (Å²) >= 11 is 0. The average molecular weight is 354 g/mol. The van der Waals surface area contributed by atoms with Gasteiger partial charge in [0.15, 0.2) is 0 Å². The molecule has 1 aromatic heterocycles. The van der Waals surface area contributed by atoms with Gasteiger partial charge < -0.3 is 14.6 Å². The van der Waals surface area contributed by atoms with Crippen LogP contribution in [0.2, 0.25) is 0 Å². The van der Waals surface area contributed by atoms with Crippen LogP contribution in [0.1, 0.15) is 37.7 Å². The predicted octanol–water partition coefficient (Wildman–Crippen LogP) is 3.29. The lowest BCUT2D eigenvalue weighted by Crippen LogP contribution is -2.38. The zero-order chi connectivity index (χ0) is 18.1. The Balaban J connectivity index is 1.35. The van der Waals surface area contributed by atoms with Crippen LogP contribution in [-0.4, -0.2) is 42.0 Å². The van der Waals surface area contributed by atoms with Crippen LogP contribution >= 0.6 is 0 Å². The normalized spacial score (nSPS) is 24.8. The molecular weight excluding hydrogens is 328 g/mol. The molecule has 1 aromatic carbocycles. The smallest absolute Gasteiger partial charge is 0.313 e. The Morgan fingerprint density at radius 2 is 2.19 bits per heavy atom. The number of hydrogen-bond acceptors (Lipinski definition) is 3. The van der Waals surface area contributed by atoms with E-state index < -0.39 is 5.41 Å². The minimum absolute atomic E-state index is 0.130. The van der Waals surface area contributed by atoms with Crippen molar-refractivity contribution in [3.8, 4) is 0 Å². The number of benzene rings is 1. The first kappa shape index (κ1) is 17.1. The maximum absolute atomic E-state index is 12.7. The Morgan fingerprint density at radius 3 is 3.04 bits per heavy atom. The van der Waals surface area contributed by atoms with Gasteiger partial charge in [-0.25, -0.2) is 0 Å². The van der Waals surface area contributed by atoms with Crippen LogP contribution in [-0.2, 0) is 20.7 Å². The molecule has 2 aromatic rings. The van der Waals surface area contributed by atoms with Crippen molar-refractivity contribution < 1.29 is 14.3 Å². The number of aryl methyl sites for hydroxylation is 1. The Labute approximate surface area is 153 Å². The molecule has 0 bridgehead atoms. The van der Waals surface area contributed by atoms with E-state index >= 15 is 0 Å². The summed E-state index contributed by atoms with van der Waals surface area (Å²) in [6.45, 7) is 1.25. The number of likely N-dealkylation sites (tertiary alicyclic amines) is 1. The second-order valence-corrected chi connectivity index (χ2v) is 7.72. The molecule has 1 aliphatic carbocycles. The summed E-state index contributed by atoms with van der Waals surface area (Å²) in [5.41, 5.74) is 1.96. The zero-order valence-corrected chi connectivity index (χ0v) is 15.3. The first-order valence-electron chi connectivity index (χ1n) is 9.55. The average Bonchev–Trinajstić information content (AvgIpc) is 3.33. The Kier molecular flexibility index (Phi) is 4.47. The quantitative estimate of drug-likeness (QED) is 0.838. The van der Waals surface area contributed by atoms with E-state index in [1.165, 1.54) is 18.1 Å². The summed E-state index contributed by atoms with van der Waals surface area (Å²) in [7, 11) is 1.46. The number of fused-ring (bicyclic) bond motifs is 2. The van der Waals surface area contributed by atoms with Gasteiger partial charge in [0.05, 0.1) is 12.5 Å².